The summed E-state index contributed by atoms with van der Waals surface area (Å²) in [6.07, 6.45) is 1.55. The van der Waals surface area contributed by atoms with Crippen LogP contribution in [0.2, 0.25) is 5.02 Å². The van der Waals surface area contributed by atoms with Crippen molar-refractivity contribution in [2.45, 2.75) is 46.1 Å². The number of nitrogens with two attached hydrogens (primary N) is 1. The molecule has 0 aliphatic rings. The van der Waals surface area contributed by atoms with Crippen LogP contribution in [0.1, 0.15) is 30.0 Å². The van der Waals surface area contributed by atoms with Gasteiger partial charge in [0.2, 0.25) is 5.95 Å². The number of halogens is 1. The van der Waals surface area contributed by atoms with Gasteiger partial charge in [-0.05, 0) is 36.1 Å². The van der Waals surface area contributed by atoms with E-state index in [-0.39, 0.29) is 50.3 Å². The molecule has 0 saturated carbocycles. The third kappa shape index (κ3) is 8.23. The number of rotatable bonds is 15. The monoisotopic (exact) mass is 589 g/mol. The van der Waals surface area contributed by atoms with Crippen LogP contribution >= 0.6 is 19.2 Å². The van der Waals surface area contributed by atoms with Gasteiger partial charge >= 0.3 is 7.60 Å². The van der Waals surface area contributed by atoms with E-state index in [1.54, 1.807) is 10.6 Å². The number of benzene rings is 2. The lowest BCUT2D eigenvalue weighted by Crippen LogP contribution is -2.20. The highest BCUT2D eigenvalue weighted by atomic mass is 35.5. The van der Waals surface area contributed by atoms with E-state index >= 15 is 0 Å². The molecule has 0 radical (unpaired) electrons. The molecule has 2 aromatic heterocycles. The minimum atomic E-state index is -3.71. The van der Waals surface area contributed by atoms with Gasteiger partial charge in [0.1, 0.15) is 6.35 Å². The minimum absolute atomic E-state index is 0.0114. The third-order valence-electron chi connectivity index (χ3n) is 6.12. The number of hydrogen-bond donors (Lipinski definition) is 2. The lowest BCUT2D eigenvalue weighted by Gasteiger charge is -2.22. The zero-order valence-corrected chi connectivity index (χ0v) is 24.1. The van der Waals surface area contributed by atoms with Gasteiger partial charge in [-0.15, -0.1) is 0 Å². The average molecular weight is 590 g/mol. The molecule has 0 bridgehead atoms. The number of nitrogen functional groups attached to an aromatic ring is 1. The molecule has 0 amide bonds. The van der Waals surface area contributed by atoms with Gasteiger partial charge in [-0.2, -0.15) is 4.98 Å². The third-order valence-corrected chi connectivity index (χ3v) is 8.10. The minimum Gasteiger partial charge on any atom is -0.371 e. The fourth-order valence-corrected chi connectivity index (χ4v) is 5.27. The number of hydrogen-bond acceptors (Lipinski definition) is 9. The maximum atomic E-state index is 13.7. The molecule has 0 aliphatic carbocycles. The Hall–Kier alpha value is -3.05. The molecule has 2 heterocycles. The van der Waals surface area contributed by atoms with Gasteiger partial charge in [0.15, 0.2) is 11.2 Å². The number of H-pyrrole nitrogens is 1. The Morgan fingerprint density at radius 1 is 1.12 bits per heavy atom. The van der Waals surface area contributed by atoms with Gasteiger partial charge in [-0.3, -0.25) is 14.3 Å². The molecule has 3 N–H and O–H groups in total. The number of aromatic nitrogens is 4. The summed E-state index contributed by atoms with van der Waals surface area (Å²) in [5.74, 6) is -0.0114. The van der Waals surface area contributed by atoms with Crippen LogP contribution < -0.4 is 11.3 Å². The summed E-state index contributed by atoms with van der Waals surface area (Å²) in [5, 5.41) is 0.592. The standard InChI is InChI=1S/C27H33ClN5O6P/c1-3-22(37-14-20-7-5-4-6-8-20)16-39-40(35,38-15-21-10-9-19(2)23(28)13-21)18-36-12-11-33-17-30-24-25(33)31-27(29)32-26(24)34/h4-10,13,17,22H,3,11-12,14-16,18H2,1-2H3,(H3,29,31,32,34). The normalized spacial score (nSPS) is 13.9. The number of fused-ring (bicyclic) bond motifs is 1. The van der Waals surface area contributed by atoms with Crippen molar-refractivity contribution in [3.8, 4) is 0 Å². The van der Waals surface area contributed by atoms with Crippen LogP contribution in [0.25, 0.3) is 11.2 Å². The number of nitrogens with zero attached hydrogens (tertiary/aromatic N) is 3. The zero-order chi connectivity index (χ0) is 28.5. The van der Waals surface area contributed by atoms with Gasteiger partial charge in [-0.1, -0.05) is 61.0 Å². The van der Waals surface area contributed by atoms with Crippen molar-refractivity contribution in [3.05, 3.63) is 86.9 Å². The molecule has 2 unspecified atom stereocenters. The van der Waals surface area contributed by atoms with Crippen molar-refractivity contribution in [1.82, 2.24) is 19.5 Å². The molecule has 0 aliphatic heterocycles. The molecule has 4 aromatic rings. The molecular formula is C27H33ClN5O6P. The first-order valence-electron chi connectivity index (χ1n) is 12.8. The number of aryl methyl sites for hydroxylation is 1. The van der Waals surface area contributed by atoms with Crippen LogP contribution in [0.4, 0.5) is 5.95 Å². The Kier molecular flexibility index (Phi) is 10.5. The van der Waals surface area contributed by atoms with Crippen molar-refractivity contribution >= 4 is 36.3 Å². The Balaban J connectivity index is 1.38. The second kappa shape index (κ2) is 14.0. The van der Waals surface area contributed by atoms with Gasteiger partial charge in [0.25, 0.3) is 5.56 Å². The van der Waals surface area contributed by atoms with Crippen LogP contribution in [0.5, 0.6) is 0 Å². The lowest BCUT2D eigenvalue weighted by molar-refractivity contribution is 0.000172. The quantitative estimate of drug-likeness (QED) is 0.144. The average Bonchev–Trinajstić information content (AvgIpc) is 3.35. The Morgan fingerprint density at radius 3 is 2.67 bits per heavy atom. The summed E-state index contributed by atoms with van der Waals surface area (Å²) >= 11 is 6.24. The molecular weight excluding hydrogens is 557 g/mol. The van der Waals surface area contributed by atoms with Crippen LogP contribution in [0.3, 0.4) is 0 Å². The Morgan fingerprint density at radius 2 is 1.93 bits per heavy atom. The van der Waals surface area contributed by atoms with Crippen molar-refractivity contribution in [2.75, 3.05) is 25.3 Å². The van der Waals surface area contributed by atoms with Gasteiger partial charge in [0, 0.05) is 11.6 Å². The molecule has 214 valence electrons. The second-order valence-electron chi connectivity index (χ2n) is 9.19. The van der Waals surface area contributed by atoms with Crippen LogP contribution in [0, 0.1) is 6.92 Å². The highest BCUT2D eigenvalue weighted by Crippen LogP contribution is 2.49. The summed E-state index contributed by atoms with van der Waals surface area (Å²) in [6.45, 7) is 4.80. The van der Waals surface area contributed by atoms with E-state index in [9.17, 15) is 9.36 Å². The van der Waals surface area contributed by atoms with Crippen LogP contribution in [-0.2, 0) is 42.8 Å². The first kappa shape index (κ1) is 29.9. The van der Waals surface area contributed by atoms with E-state index < -0.39 is 13.2 Å². The van der Waals surface area contributed by atoms with E-state index in [4.69, 9.17) is 35.9 Å². The summed E-state index contributed by atoms with van der Waals surface area (Å²) in [5.41, 5.74) is 8.45. The SMILES string of the molecule is CCC(COP(=O)(COCCn1cnc2c(=O)[nH]c(N)nc21)OCc1ccc(C)c(Cl)c1)OCc1ccccc1. The fraction of sp³-hybridized carbons (Fsp3) is 0.370. The maximum Gasteiger partial charge on any atom is 0.356 e. The predicted octanol–water partition coefficient (Wildman–Crippen LogP) is 5.06. The molecule has 13 heteroatoms. The van der Waals surface area contributed by atoms with Gasteiger partial charge in [0.05, 0.1) is 38.9 Å². The molecule has 2 atom stereocenters. The molecule has 4 rings (SSSR count). The van der Waals surface area contributed by atoms with Crippen molar-refractivity contribution in [2.24, 2.45) is 0 Å². The molecule has 40 heavy (non-hydrogen) atoms. The smallest absolute Gasteiger partial charge is 0.356 e. The Bertz CT molecular complexity index is 1510. The number of aromatic amines is 1. The number of anilines is 1. The summed E-state index contributed by atoms with van der Waals surface area (Å²) in [6, 6.07) is 15.3. The van der Waals surface area contributed by atoms with E-state index in [0.717, 1.165) is 16.7 Å². The number of imidazole rings is 1. The summed E-state index contributed by atoms with van der Waals surface area (Å²) in [4.78, 5) is 22.6. The Labute approximate surface area is 237 Å². The summed E-state index contributed by atoms with van der Waals surface area (Å²) in [7, 11) is -3.71. The molecule has 11 nitrogen and oxygen atoms in total. The topological polar surface area (TPSA) is 144 Å². The molecule has 2 aromatic carbocycles. The first-order valence-corrected chi connectivity index (χ1v) is 14.9. The van der Waals surface area contributed by atoms with Crippen molar-refractivity contribution < 1.29 is 23.1 Å². The molecule has 0 fully saturated rings. The lowest BCUT2D eigenvalue weighted by atomic mass is 10.2. The van der Waals surface area contributed by atoms with Crippen molar-refractivity contribution in [1.29, 1.82) is 0 Å². The largest absolute Gasteiger partial charge is 0.371 e. The van der Waals surface area contributed by atoms with Gasteiger partial charge in [-0.25, -0.2) is 4.98 Å². The summed E-state index contributed by atoms with van der Waals surface area (Å²) < 4.78 is 38.7. The molecule has 0 spiro atoms. The fourth-order valence-electron chi connectivity index (χ4n) is 3.75. The highest BCUT2D eigenvalue weighted by molar-refractivity contribution is 7.53. The van der Waals surface area contributed by atoms with E-state index in [1.165, 1.54) is 6.33 Å². The zero-order valence-electron chi connectivity index (χ0n) is 22.4. The van der Waals surface area contributed by atoms with E-state index in [1.807, 2.05) is 56.3 Å². The van der Waals surface area contributed by atoms with E-state index in [2.05, 4.69) is 15.0 Å². The van der Waals surface area contributed by atoms with E-state index in [0.29, 0.717) is 23.7 Å². The van der Waals surface area contributed by atoms with Gasteiger partial charge < -0.3 is 28.8 Å². The highest BCUT2D eigenvalue weighted by Gasteiger charge is 2.27. The van der Waals surface area contributed by atoms with Crippen molar-refractivity contribution in [3.63, 3.8) is 0 Å². The van der Waals surface area contributed by atoms with Crippen LogP contribution in [-0.4, -0.2) is 45.2 Å². The predicted molar refractivity (Wildman–Crippen MR) is 153 cm³/mol. The number of ether oxygens (including phenoxy) is 2. The maximum absolute atomic E-state index is 13.7. The molecule has 0 saturated heterocycles. The first-order chi connectivity index (χ1) is 19.3. The van der Waals surface area contributed by atoms with Crippen LogP contribution in [0.15, 0.2) is 59.7 Å². The second-order valence-corrected chi connectivity index (χ2v) is 11.6. The number of nitrogens with one attached hydrogen (secondary N) is 1.